The van der Waals surface area contributed by atoms with Gasteiger partial charge < -0.3 is 21.1 Å². The molecule has 0 aliphatic heterocycles. The Morgan fingerprint density at radius 3 is 2.65 bits per heavy atom. The summed E-state index contributed by atoms with van der Waals surface area (Å²) in [5.74, 6) is -0.110. The fourth-order valence-corrected chi connectivity index (χ4v) is 2.28. The van der Waals surface area contributed by atoms with Gasteiger partial charge in [0.2, 0.25) is 11.8 Å². The number of benzene rings is 1. The SMILES string of the molecule is CCC(C)C(NC(=O)CCNc1cc(Cl)ccc1OC)C(N)=O. The van der Waals surface area contributed by atoms with Crippen LogP contribution in [0.2, 0.25) is 5.02 Å². The molecule has 0 aliphatic rings. The molecule has 0 spiro atoms. The van der Waals surface area contributed by atoms with E-state index in [1.807, 2.05) is 13.8 Å². The van der Waals surface area contributed by atoms with Crippen LogP contribution in [0.25, 0.3) is 0 Å². The number of amides is 2. The third-order valence-corrected chi connectivity index (χ3v) is 3.90. The third kappa shape index (κ3) is 5.98. The van der Waals surface area contributed by atoms with Gasteiger partial charge in [0, 0.05) is 18.0 Å². The van der Waals surface area contributed by atoms with Crippen LogP contribution in [-0.2, 0) is 9.59 Å². The molecule has 1 aromatic carbocycles. The fourth-order valence-electron chi connectivity index (χ4n) is 2.10. The second-order valence-electron chi connectivity index (χ2n) is 5.35. The summed E-state index contributed by atoms with van der Waals surface area (Å²) in [6.07, 6.45) is 0.960. The summed E-state index contributed by atoms with van der Waals surface area (Å²) >= 11 is 5.94. The molecule has 128 valence electrons. The Balaban J connectivity index is 2.53. The highest BCUT2D eigenvalue weighted by atomic mass is 35.5. The van der Waals surface area contributed by atoms with Crippen molar-refractivity contribution in [3.63, 3.8) is 0 Å². The highest BCUT2D eigenvalue weighted by molar-refractivity contribution is 6.30. The number of methoxy groups -OCH3 is 1. The molecule has 0 saturated carbocycles. The number of nitrogens with two attached hydrogens (primary N) is 1. The summed E-state index contributed by atoms with van der Waals surface area (Å²) in [6, 6.07) is 4.55. The first kappa shape index (κ1) is 19.1. The predicted octanol–water partition coefficient (Wildman–Crippen LogP) is 2.17. The number of nitrogens with one attached hydrogen (secondary N) is 2. The summed E-state index contributed by atoms with van der Waals surface area (Å²) in [4.78, 5) is 23.4. The maximum absolute atomic E-state index is 12.0. The van der Waals surface area contributed by atoms with Crippen LogP contribution < -0.4 is 21.1 Å². The number of hydrogen-bond donors (Lipinski definition) is 3. The summed E-state index contributed by atoms with van der Waals surface area (Å²) in [5, 5.41) is 6.35. The maximum atomic E-state index is 12.0. The van der Waals surface area contributed by atoms with Gasteiger partial charge in [-0.3, -0.25) is 9.59 Å². The quantitative estimate of drug-likeness (QED) is 0.641. The van der Waals surface area contributed by atoms with E-state index in [2.05, 4.69) is 10.6 Å². The molecule has 0 saturated heterocycles. The van der Waals surface area contributed by atoms with Crippen molar-refractivity contribution in [2.24, 2.45) is 11.7 Å². The van der Waals surface area contributed by atoms with E-state index in [-0.39, 0.29) is 18.2 Å². The van der Waals surface area contributed by atoms with Crippen molar-refractivity contribution in [3.8, 4) is 5.75 Å². The van der Waals surface area contributed by atoms with Gasteiger partial charge in [-0.1, -0.05) is 31.9 Å². The Hall–Kier alpha value is -1.95. The zero-order valence-electron chi connectivity index (χ0n) is 13.7. The van der Waals surface area contributed by atoms with Crippen LogP contribution >= 0.6 is 11.6 Å². The molecule has 0 aliphatic carbocycles. The molecule has 0 fully saturated rings. The van der Waals surface area contributed by atoms with E-state index >= 15 is 0 Å². The van der Waals surface area contributed by atoms with Crippen LogP contribution in [0.3, 0.4) is 0 Å². The van der Waals surface area contributed by atoms with Crippen LogP contribution in [0.1, 0.15) is 26.7 Å². The van der Waals surface area contributed by atoms with Crippen LogP contribution in [0, 0.1) is 5.92 Å². The number of ether oxygens (including phenoxy) is 1. The van der Waals surface area contributed by atoms with E-state index in [0.29, 0.717) is 23.0 Å². The van der Waals surface area contributed by atoms with Gasteiger partial charge in [0.15, 0.2) is 0 Å². The van der Waals surface area contributed by atoms with Gasteiger partial charge in [-0.05, 0) is 24.1 Å². The van der Waals surface area contributed by atoms with Gasteiger partial charge in [-0.25, -0.2) is 0 Å². The molecule has 23 heavy (non-hydrogen) atoms. The monoisotopic (exact) mass is 341 g/mol. The first-order valence-corrected chi connectivity index (χ1v) is 7.92. The van der Waals surface area contributed by atoms with Crippen LogP contribution in [0.4, 0.5) is 5.69 Å². The molecule has 6 nitrogen and oxygen atoms in total. The normalized spacial score (nSPS) is 13.0. The first-order chi connectivity index (χ1) is 10.9. The smallest absolute Gasteiger partial charge is 0.240 e. The summed E-state index contributed by atoms with van der Waals surface area (Å²) in [7, 11) is 1.56. The van der Waals surface area contributed by atoms with Crippen molar-refractivity contribution in [1.82, 2.24) is 5.32 Å². The molecular formula is C16H24ClN3O3. The number of carbonyl (C=O) groups is 2. The van der Waals surface area contributed by atoms with Gasteiger partial charge >= 0.3 is 0 Å². The van der Waals surface area contributed by atoms with Crippen molar-refractivity contribution in [2.45, 2.75) is 32.7 Å². The lowest BCUT2D eigenvalue weighted by molar-refractivity contribution is -0.128. The molecule has 0 aromatic heterocycles. The van der Waals surface area contributed by atoms with Crippen molar-refractivity contribution < 1.29 is 14.3 Å². The lowest BCUT2D eigenvalue weighted by Crippen LogP contribution is -2.48. The minimum absolute atomic E-state index is 0.00238. The standard InChI is InChI=1S/C16H24ClN3O3/c1-4-10(2)15(16(18)22)20-14(21)7-8-19-12-9-11(17)5-6-13(12)23-3/h5-6,9-10,15,19H,4,7-8H2,1-3H3,(H2,18,22)(H,20,21). The first-order valence-electron chi connectivity index (χ1n) is 7.55. The van der Waals surface area contributed by atoms with E-state index in [4.69, 9.17) is 22.1 Å². The van der Waals surface area contributed by atoms with Crippen molar-refractivity contribution >= 4 is 29.1 Å². The number of halogens is 1. The van der Waals surface area contributed by atoms with Crippen molar-refractivity contribution in [1.29, 1.82) is 0 Å². The van der Waals surface area contributed by atoms with E-state index < -0.39 is 11.9 Å². The maximum Gasteiger partial charge on any atom is 0.240 e. The topological polar surface area (TPSA) is 93.4 Å². The molecule has 0 radical (unpaired) electrons. The van der Waals surface area contributed by atoms with Crippen molar-refractivity contribution in [2.75, 3.05) is 19.0 Å². The highest BCUT2D eigenvalue weighted by Gasteiger charge is 2.23. The molecule has 2 unspecified atom stereocenters. The second kappa shape index (κ2) is 9.25. The van der Waals surface area contributed by atoms with Gasteiger partial charge in [0.25, 0.3) is 0 Å². The van der Waals surface area contributed by atoms with E-state index in [0.717, 1.165) is 6.42 Å². The average molecular weight is 342 g/mol. The highest BCUT2D eigenvalue weighted by Crippen LogP contribution is 2.27. The largest absolute Gasteiger partial charge is 0.495 e. The number of primary amides is 1. The number of carbonyl (C=O) groups excluding carboxylic acids is 2. The van der Waals surface area contributed by atoms with Crippen LogP contribution in [0.5, 0.6) is 5.75 Å². The van der Waals surface area contributed by atoms with Gasteiger partial charge in [-0.2, -0.15) is 0 Å². The minimum Gasteiger partial charge on any atom is -0.495 e. The predicted molar refractivity (Wildman–Crippen MR) is 91.7 cm³/mol. The fraction of sp³-hybridized carbons (Fsp3) is 0.500. The molecule has 4 N–H and O–H groups in total. The Bertz CT molecular complexity index is 551. The zero-order valence-corrected chi connectivity index (χ0v) is 14.4. The molecular weight excluding hydrogens is 318 g/mol. The lowest BCUT2D eigenvalue weighted by atomic mass is 9.98. The lowest BCUT2D eigenvalue weighted by Gasteiger charge is -2.21. The van der Waals surface area contributed by atoms with Crippen molar-refractivity contribution in [3.05, 3.63) is 23.2 Å². The molecule has 0 bridgehead atoms. The van der Waals surface area contributed by atoms with Gasteiger partial charge in [-0.15, -0.1) is 0 Å². The Kier molecular flexibility index (Phi) is 7.68. The number of anilines is 1. The molecule has 1 rings (SSSR count). The summed E-state index contributed by atoms with van der Waals surface area (Å²) in [5.41, 5.74) is 6.04. The molecule has 7 heteroatoms. The summed E-state index contributed by atoms with van der Waals surface area (Å²) in [6.45, 7) is 4.21. The average Bonchev–Trinajstić information content (AvgIpc) is 2.51. The third-order valence-electron chi connectivity index (χ3n) is 3.67. The Morgan fingerprint density at radius 2 is 2.09 bits per heavy atom. The summed E-state index contributed by atoms with van der Waals surface area (Å²) < 4.78 is 5.22. The zero-order chi connectivity index (χ0) is 17.4. The molecule has 2 atom stereocenters. The minimum atomic E-state index is -0.645. The van der Waals surface area contributed by atoms with E-state index in [9.17, 15) is 9.59 Å². The van der Waals surface area contributed by atoms with E-state index in [1.165, 1.54) is 0 Å². The van der Waals surface area contributed by atoms with Crippen LogP contribution in [0.15, 0.2) is 18.2 Å². The number of rotatable bonds is 9. The van der Waals surface area contributed by atoms with Crippen LogP contribution in [-0.4, -0.2) is 31.5 Å². The van der Waals surface area contributed by atoms with Gasteiger partial charge in [0.1, 0.15) is 11.8 Å². The molecule has 1 aromatic rings. The molecule has 0 heterocycles. The number of hydrogen-bond acceptors (Lipinski definition) is 4. The van der Waals surface area contributed by atoms with Gasteiger partial charge in [0.05, 0.1) is 12.8 Å². The molecule has 2 amide bonds. The van der Waals surface area contributed by atoms with E-state index in [1.54, 1.807) is 25.3 Å². The second-order valence-corrected chi connectivity index (χ2v) is 5.79. The Labute approximate surface area is 141 Å². The Morgan fingerprint density at radius 1 is 1.39 bits per heavy atom.